The largest absolute Gasteiger partial charge is 0.462 e. The number of ether oxygens (including phenoxy) is 1. The molecule has 16 heavy (non-hydrogen) atoms. The summed E-state index contributed by atoms with van der Waals surface area (Å²) in [6.07, 6.45) is -1.62. The highest BCUT2D eigenvalue weighted by atomic mass is 127. The summed E-state index contributed by atoms with van der Waals surface area (Å²) in [4.78, 5) is 15.1. The smallest absolute Gasteiger partial charge is 0.339 e. The molecule has 1 aromatic rings. The van der Waals surface area contributed by atoms with Crippen LogP contribution in [0.15, 0.2) is 6.20 Å². The Kier molecular flexibility index (Phi) is 4.85. The Morgan fingerprint density at radius 1 is 1.69 bits per heavy atom. The first kappa shape index (κ1) is 13.6. The van der Waals surface area contributed by atoms with Crippen LogP contribution in [0.2, 0.25) is 5.15 Å². The molecule has 0 N–H and O–H groups in total. The van der Waals surface area contributed by atoms with E-state index in [2.05, 4.69) is 4.98 Å². The fourth-order valence-corrected chi connectivity index (χ4v) is 1.96. The van der Waals surface area contributed by atoms with Crippen molar-refractivity contribution in [2.24, 2.45) is 0 Å². The number of hydrogen-bond acceptors (Lipinski definition) is 3. The summed E-state index contributed by atoms with van der Waals surface area (Å²) in [5.74, 6) is -0.813. The Balaban J connectivity index is 3.34. The summed E-state index contributed by atoms with van der Waals surface area (Å²) in [6, 6.07) is 0. The van der Waals surface area contributed by atoms with Crippen molar-refractivity contribution in [1.82, 2.24) is 4.98 Å². The zero-order valence-corrected chi connectivity index (χ0v) is 11.1. The highest BCUT2D eigenvalue weighted by Gasteiger charge is 2.26. The molecule has 0 saturated carbocycles. The van der Waals surface area contributed by atoms with Gasteiger partial charge in [0.1, 0.15) is 5.15 Å². The van der Waals surface area contributed by atoms with Crippen LogP contribution in [-0.4, -0.2) is 17.6 Å². The van der Waals surface area contributed by atoms with Crippen molar-refractivity contribution in [1.29, 1.82) is 0 Å². The van der Waals surface area contributed by atoms with Gasteiger partial charge >= 0.3 is 5.97 Å². The molecule has 1 rings (SSSR count). The molecule has 0 radical (unpaired) electrons. The fraction of sp³-hybridized carbons (Fsp3) is 0.333. The first-order chi connectivity index (χ1) is 7.49. The molecular formula is C9H7ClF2INO2. The Morgan fingerprint density at radius 2 is 2.31 bits per heavy atom. The Labute approximate surface area is 109 Å². The van der Waals surface area contributed by atoms with E-state index in [9.17, 15) is 13.6 Å². The molecule has 3 nitrogen and oxygen atoms in total. The third kappa shape index (κ3) is 2.79. The minimum Gasteiger partial charge on any atom is -0.462 e. The van der Waals surface area contributed by atoms with Crippen molar-refractivity contribution in [3.63, 3.8) is 0 Å². The van der Waals surface area contributed by atoms with E-state index in [-0.39, 0.29) is 20.9 Å². The molecule has 0 bridgehead atoms. The fourth-order valence-electron chi connectivity index (χ4n) is 1.09. The predicted octanol–water partition coefficient (Wildman–Crippen LogP) is 3.45. The van der Waals surface area contributed by atoms with E-state index in [1.807, 2.05) is 0 Å². The molecular weight excluding hydrogens is 354 g/mol. The number of carbonyl (C=O) groups excluding carboxylic acids is 1. The second-order valence-corrected chi connectivity index (χ2v) is 4.23. The van der Waals surface area contributed by atoms with Gasteiger partial charge in [-0.15, -0.1) is 0 Å². The number of nitrogens with zero attached hydrogens (tertiary/aromatic N) is 1. The van der Waals surface area contributed by atoms with Crippen LogP contribution in [0.4, 0.5) is 8.78 Å². The Bertz CT molecular complexity index is 415. The van der Waals surface area contributed by atoms with E-state index >= 15 is 0 Å². The first-order valence-corrected chi connectivity index (χ1v) is 5.73. The second kappa shape index (κ2) is 5.72. The van der Waals surface area contributed by atoms with Crippen molar-refractivity contribution in [3.05, 3.63) is 26.0 Å². The number of aromatic nitrogens is 1. The highest BCUT2D eigenvalue weighted by molar-refractivity contribution is 14.1. The summed E-state index contributed by atoms with van der Waals surface area (Å²) in [5.41, 5.74) is -0.788. The third-order valence-corrected chi connectivity index (χ3v) is 2.84. The monoisotopic (exact) mass is 361 g/mol. The first-order valence-electron chi connectivity index (χ1n) is 4.28. The topological polar surface area (TPSA) is 39.2 Å². The normalized spacial score (nSPS) is 10.6. The number of carbonyl (C=O) groups is 1. The van der Waals surface area contributed by atoms with Crippen LogP contribution in [0.3, 0.4) is 0 Å². The molecule has 0 amide bonds. The molecule has 0 atom stereocenters. The number of rotatable bonds is 3. The van der Waals surface area contributed by atoms with Crippen LogP contribution in [0.25, 0.3) is 0 Å². The quantitative estimate of drug-likeness (QED) is 0.470. The average molecular weight is 362 g/mol. The van der Waals surface area contributed by atoms with Crippen molar-refractivity contribution in [3.8, 4) is 0 Å². The molecule has 0 aliphatic heterocycles. The van der Waals surface area contributed by atoms with Crippen molar-refractivity contribution in [2.45, 2.75) is 13.3 Å². The van der Waals surface area contributed by atoms with Gasteiger partial charge in [0.2, 0.25) is 0 Å². The number of hydrogen-bond donors (Lipinski definition) is 0. The summed E-state index contributed by atoms with van der Waals surface area (Å²) in [5, 5.41) is -0.376. The lowest BCUT2D eigenvalue weighted by molar-refractivity contribution is 0.0513. The average Bonchev–Trinajstić information content (AvgIpc) is 2.20. The maximum atomic E-state index is 12.7. The van der Waals surface area contributed by atoms with Crippen LogP contribution < -0.4 is 0 Å². The van der Waals surface area contributed by atoms with Gasteiger partial charge in [-0.3, -0.25) is 0 Å². The minimum absolute atomic E-state index is 0.109. The van der Waals surface area contributed by atoms with Gasteiger partial charge < -0.3 is 4.74 Å². The Hall–Kier alpha value is -0.500. The van der Waals surface area contributed by atoms with Crippen molar-refractivity contribution in [2.75, 3.05) is 6.61 Å². The van der Waals surface area contributed by atoms with Gasteiger partial charge in [0.15, 0.2) is 0 Å². The lowest BCUT2D eigenvalue weighted by Gasteiger charge is -2.10. The summed E-state index contributed by atoms with van der Waals surface area (Å²) < 4.78 is 30.4. The van der Waals surface area contributed by atoms with E-state index < -0.39 is 18.0 Å². The molecule has 0 aromatic carbocycles. The van der Waals surface area contributed by atoms with Gasteiger partial charge in [0.25, 0.3) is 6.43 Å². The van der Waals surface area contributed by atoms with E-state index in [1.165, 1.54) is 6.20 Å². The summed E-state index contributed by atoms with van der Waals surface area (Å²) >= 11 is 7.27. The molecule has 0 saturated heterocycles. The summed E-state index contributed by atoms with van der Waals surface area (Å²) in [7, 11) is 0. The molecule has 1 aromatic heterocycles. The highest BCUT2D eigenvalue weighted by Crippen LogP contribution is 2.31. The van der Waals surface area contributed by atoms with Gasteiger partial charge in [0, 0.05) is 9.77 Å². The molecule has 0 spiro atoms. The number of pyridine rings is 1. The van der Waals surface area contributed by atoms with E-state index in [4.69, 9.17) is 16.3 Å². The van der Waals surface area contributed by atoms with E-state index in [0.717, 1.165) is 0 Å². The molecule has 7 heteroatoms. The molecule has 88 valence electrons. The maximum Gasteiger partial charge on any atom is 0.339 e. The van der Waals surface area contributed by atoms with Crippen LogP contribution in [0.5, 0.6) is 0 Å². The van der Waals surface area contributed by atoms with Gasteiger partial charge in [-0.1, -0.05) is 11.6 Å². The predicted molar refractivity (Wildman–Crippen MR) is 62.9 cm³/mol. The van der Waals surface area contributed by atoms with E-state index in [1.54, 1.807) is 29.5 Å². The van der Waals surface area contributed by atoms with Gasteiger partial charge in [-0.2, -0.15) is 0 Å². The molecule has 0 aliphatic rings. The zero-order chi connectivity index (χ0) is 12.3. The standard InChI is InChI=1S/C9H7ClF2INO2/c1-2-16-9(15)5-4(13)3-14-7(10)6(5)8(11)12/h3,8H,2H2,1H3. The van der Waals surface area contributed by atoms with E-state index in [0.29, 0.717) is 0 Å². The zero-order valence-electron chi connectivity index (χ0n) is 8.14. The number of alkyl halides is 2. The van der Waals surface area contributed by atoms with Crippen LogP contribution in [0.1, 0.15) is 29.3 Å². The van der Waals surface area contributed by atoms with Crippen LogP contribution in [-0.2, 0) is 4.74 Å². The maximum absolute atomic E-state index is 12.7. The third-order valence-electron chi connectivity index (χ3n) is 1.72. The molecule has 0 aliphatic carbocycles. The summed E-state index contributed by atoms with van der Waals surface area (Å²) in [6.45, 7) is 1.70. The Morgan fingerprint density at radius 3 is 2.81 bits per heavy atom. The van der Waals surface area contributed by atoms with Crippen LogP contribution >= 0.6 is 34.2 Å². The second-order valence-electron chi connectivity index (χ2n) is 2.71. The number of halogens is 4. The SMILES string of the molecule is CCOC(=O)c1c(I)cnc(Cl)c1C(F)F. The molecule has 0 fully saturated rings. The van der Waals surface area contributed by atoms with Gasteiger partial charge in [0.05, 0.1) is 17.7 Å². The minimum atomic E-state index is -2.87. The number of esters is 1. The van der Waals surface area contributed by atoms with Gasteiger partial charge in [-0.25, -0.2) is 18.6 Å². The lowest BCUT2D eigenvalue weighted by Crippen LogP contribution is -2.12. The van der Waals surface area contributed by atoms with Gasteiger partial charge in [-0.05, 0) is 29.5 Å². The van der Waals surface area contributed by atoms with Crippen LogP contribution in [0, 0.1) is 3.57 Å². The molecule has 1 heterocycles. The van der Waals surface area contributed by atoms with Crippen molar-refractivity contribution < 1.29 is 18.3 Å². The lowest BCUT2D eigenvalue weighted by atomic mass is 10.1. The van der Waals surface area contributed by atoms with Crippen molar-refractivity contribution >= 4 is 40.2 Å². The molecule has 0 unspecified atom stereocenters.